The first-order chi connectivity index (χ1) is 11.2. The maximum atomic E-state index is 12.3. The van der Waals surface area contributed by atoms with Crippen molar-refractivity contribution >= 4 is 27.5 Å². The number of likely N-dealkylation sites (N-methyl/N-ethyl adjacent to an activating group) is 1. The minimum Gasteiger partial charge on any atom is -0.351 e. The van der Waals surface area contributed by atoms with E-state index in [2.05, 4.69) is 28.8 Å². The van der Waals surface area contributed by atoms with Gasteiger partial charge in [-0.2, -0.15) is 0 Å². The third-order valence-corrected chi connectivity index (χ3v) is 5.48. The van der Waals surface area contributed by atoms with Gasteiger partial charge in [-0.15, -0.1) is 0 Å². The molecule has 1 amide bonds. The second-order valence-electron chi connectivity index (χ2n) is 5.70. The van der Waals surface area contributed by atoms with Crippen molar-refractivity contribution in [3.8, 4) is 0 Å². The summed E-state index contributed by atoms with van der Waals surface area (Å²) >= 11 is 6.06. The number of amides is 1. The molecule has 0 fully saturated rings. The van der Waals surface area contributed by atoms with Crippen LogP contribution < -0.4 is 10.0 Å². The highest BCUT2D eigenvalue weighted by atomic mass is 35.5. The van der Waals surface area contributed by atoms with Crippen LogP contribution in [-0.4, -0.2) is 51.4 Å². The zero-order valence-electron chi connectivity index (χ0n) is 14.6. The van der Waals surface area contributed by atoms with Crippen LogP contribution in [0.1, 0.15) is 38.1 Å². The third kappa shape index (κ3) is 6.05. The van der Waals surface area contributed by atoms with E-state index < -0.39 is 10.0 Å². The van der Waals surface area contributed by atoms with Crippen LogP contribution in [0.3, 0.4) is 0 Å². The number of hydrogen-bond acceptors (Lipinski definition) is 4. The Morgan fingerprint density at radius 2 is 1.88 bits per heavy atom. The SMILES string of the molecule is CCN(CC)CCNC(=O)c1cc(S(=O)(=O)NC(C)C)ccc1Cl. The number of halogens is 1. The molecule has 1 aromatic carbocycles. The topological polar surface area (TPSA) is 78.5 Å². The van der Waals surface area contributed by atoms with E-state index in [0.717, 1.165) is 19.6 Å². The van der Waals surface area contributed by atoms with Gasteiger partial charge in [0, 0.05) is 19.1 Å². The molecular weight excluding hydrogens is 350 g/mol. The summed E-state index contributed by atoms with van der Waals surface area (Å²) in [7, 11) is -3.67. The van der Waals surface area contributed by atoms with E-state index in [1.807, 2.05) is 0 Å². The molecule has 0 radical (unpaired) electrons. The van der Waals surface area contributed by atoms with Gasteiger partial charge in [0.1, 0.15) is 0 Å². The average molecular weight is 376 g/mol. The number of benzene rings is 1. The van der Waals surface area contributed by atoms with Gasteiger partial charge < -0.3 is 10.2 Å². The number of rotatable bonds is 9. The third-order valence-electron chi connectivity index (χ3n) is 3.49. The van der Waals surface area contributed by atoms with Crippen molar-refractivity contribution in [2.24, 2.45) is 0 Å². The lowest BCUT2D eigenvalue weighted by Crippen LogP contribution is -2.35. The number of carbonyl (C=O) groups is 1. The number of hydrogen-bond donors (Lipinski definition) is 2. The predicted molar refractivity (Wildman–Crippen MR) is 97.0 cm³/mol. The van der Waals surface area contributed by atoms with Crippen molar-refractivity contribution in [3.05, 3.63) is 28.8 Å². The molecule has 1 aromatic rings. The van der Waals surface area contributed by atoms with E-state index >= 15 is 0 Å². The summed E-state index contributed by atoms with van der Waals surface area (Å²) < 4.78 is 26.9. The van der Waals surface area contributed by atoms with E-state index in [0.29, 0.717) is 6.54 Å². The minimum atomic E-state index is -3.67. The fraction of sp³-hybridized carbons (Fsp3) is 0.562. The maximum Gasteiger partial charge on any atom is 0.252 e. The van der Waals surface area contributed by atoms with Crippen LogP contribution >= 0.6 is 11.6 Å². The lowest BCUT2D eigenvalue weighted by atomic mass is 10.2. The predicted octanol–water partition coefficient (Wildman–Crippen LogP) is 2.10. The molecule has 0 bridgehead atoms. The average Bonchev–Trinajstić information content (AvgIpc) is 2.50. The molecule has 0 saturated carbocycles. The summed E-state index contributed by atoms with van der Waals surface area (Å²) in [6.07, 6.45) is 0. The Hall–Kier alpha value is -1.15. The van der Waals surface area contributed by atoms with Gasteiger partial charge in [-0.05, 0) is 45.1 Å². The molecule has 0 atom stereocenters. The van der Waals surface area contributed by atoms with Gasteiger partial charge in [-0.3, -0.25) is 4.79 Å². The molecule has 8 heteroatoms. The Morgan fingerprint density at radius 1 is 1.25 bits per heavy atom. The van der Waals surface area contributed by atoms with E-state index in [1.165, 1.54) is 18.2 Å². The van der Waals surface area contributed by atoms with Gasteiger partial charge in [-0.1, -0.05) is 25.4 Å². The number of nitrogens with one attached hydrogen (secondary N) is 2. The highest BCUT2D eigenvalue weighted by Gasteiger charge is 2.19. The van der Waals surface area contributed by atoms with Gasteiger partial charge in [0.2, 0.25) is 10.0 Å². The van der Waals surface area contributed by atoms with Gasteiger partial charge in [0.15, 0.2) is 0 Å². The smallest absolute Gasteiger partial charge is 0.252 e. The molecule has 0 unspecified atom stereocenters. The Bertz CT molecular complexity index is 659. The molecule has 2 N–H and O–H groups in total. The Kier molecular flexibility index (Phi) is 8.15. The molecule has 0 heterocycles. The molecule has 24 heavy (non-hydrogen) atoms. The Labute approximate surface area is 149 Å². The van der Waals surface area contributed by atoms with Crippen LogP contribution in [-0.2, 0) is 10.0 Å². The van der Waals surface area contributed by atoms with Gasteiger partial charge >= 0.3 is 0 Å². The van der Waals surface area contributed by atoms with Crippen molar-refractivity contribution < 1.29 is 13.2 Å². The van der Waals surface area contributed by atoms with E-state index in [9.17, 15) is 13.2 Å². The lowest BCUT2D eigenvalue weighted by molar-refractivity contribution is 0.0949. The van der Waals surface area contributed by atoms with Crippen LogP contribution in [0.15, 0.2) is 23.1 Å². The zero-order valence-corrected chi connectivity index (χ0v) is 16.2. The summed E-state index contributed by atoms with van der Waals surface area (Å²) in [6.45, 7) is 10.6. The first-order valence-corrected chi connectivity index (χ1v) is 9.89. The number of sulfonamides is 1. The lowest BCUT2D eigenvalue weighted by Gasteiger charge is -2.18. The van der Waals surface area contributed by atoms with E-state index in [-0.39, 0.29) is 27.4 Å². The molecule has 0 saturated heterocycles. The Balaban J connectivity index is 2.88. The Morgan fingerprint density at radius 3 is 2.42 bits per heavy atom. The fourth-order valence-corrected chi connectivity index (χ4v) is 3.67. The summed E-state index contributed by atoms with van der Waals surface area (Å²) in [5, 5.41) is 3.00. The van der Waals surface area contributed by atoms with Crippen LogP contribution in [0.25, 0.3) is 0 Å². The summed E-state index contributed by atoms with van der Waals surface area (Å²) in [5.74, 6) is -0.381. The monoisotopic (exact) mass is 375 g/mol. The molecule has 0 spiro atoms. The second-order valence-corrected chi connectivity index (χ2v) is 7.82. The van der Waals surface area contributed by atoms with Crippen molar-refractivity contribution in [1.82, 2.24) is 14.9 Å². The number of carbonyl (C=O) groups excluding carboxylic acids is 1. The van der Waals surface area contributed by atoms with Gasteiger partial charge in [-0.25, -0.2) is 13.1 Å². The van der Waals surface area contributed by atoms with Crippen LogP contribution in [0, 0.1) is 0 Å². The quantitative estimate of drug-likeness (QED) is 0.692. The molecular formula is C16H26ClN3O3S. The van der Waals surface area contributed by atoms with Crippen molar-refractivity contribution in [1.29, 1.82) is 0 Å². The molecule has 1 rings (SSSR count). The van der Waals surface area contributed by atoms with Gasteiger partial charge in [0.05, 0.1) is 15.5 Å². The largest absolute Gasteiger partial charge is 0.351 e. The second kappa shape index (κ2) is 9.36. The fourth-order valence-electron chi connectivity index (χ4n) is 2.19. The minimum absolute atomic E-state index is 0.0227. The highest BCUT2D eigenvalue weighted by molar-refractivity contribution is 7.89. The highest BCUT2D eigenvalue weighted by Crippen LogP contribution is 2.20. The first-order valence-electron chi connectivity index (χ1n) is 8.03. The van der Waals surface area contributed by atoms with Crippen LogP contribution in [0.5, 0.6) is 0 Å². The van der Waals surface area contributed by atoms with Crippen molar-refractivity contribution in [2.45, 2.75) is 38.6 Å². The van der Waals surface area contributed by atoms with Crippen LogP contribution in [0.4, 0.5) is 0 Å². The molecule has 6 nitrogen and oxygen atoms in total. The van der Waals surface area contributed by atoms with E-state index in [1.54, 1.807) is 13.8 Å². The molecule has 0 aromatic heterocycles. The molecule has 136 valence electrons. The summed E-state index contributed by atoms with van der Waals surface area (Å²) in [6, 6.07) is 3.88. The van der Waals surface area contributed by atoms with Crippen LogP contribution in [0.2, 0.25) is 5.02 Å². The van der Waals surface area contributed by atoms with E-state index in [4.69, 9.17) is 11.6 Å². The standard InChI is InChI=1S/C16H26ClN3O3S/c1-5-20(6-2)10-9-18-16(21)14-11-13(7-8-15(14)17)24(22,23)19-12(3)4/h7-8,11-12,19H,5-6,9-10H2,1-4H3,(H,18,21). The zero-order chi connectivity index (χ0) is 18.3. The normalized spacial score (nSPS) is 12.0. The molecule has 0 aliphatic carbocycles. The van der Waals surface area contributed by atoms with Crippen molar-refractivity contribution in [3.63, 3.8) is 0 Å². The van der Waals surface area contributed by atoms with Crippen molar-refractivity contribution in [2.75, 3.05) is 26.2 Å². The first kappa shape index (κ1) is 20.9. The summed E-state index contributed by atoms with van der Waals surface area (Å²) in [5.41, 5.74) is 0.155. The van der Waals surface area contributed by atoms with Gasteiger partial charge in [0.25, 0.3) is 5.91 Å². The maximum absolute atomic E-state index is 12.3. The molecule has 0 aliphatic rings. The summed E-state index contributed by atoms with van der Waals surface area (Å²) in [4.78, 5) is 14.5. The number of nitrogens with zero attached hydrogens (tertiary/aromatic N) is 1. The molecule has 0 aliphatic heterocycles.